The molecule has 0 aromatic heterocycles. The third kappa shape index (κ3) is 5.56. The van der Waals surface area contributed by atoms with Crippen LogP contribution in [0.2, 0.25) is 0 Å². The Bertz CT molecular complexity index is 611. The van der Waals surface area contributed by atoms with E-state index in [0.717, 1.165) is 0 Å². The van der Waals surface area contributed by atoms with Crippen LogP contribution in [0, 0.1) is 5.92 Å². The summed E-state index contributed by atoms with van der Waals surface area (Å²) in [5, 5.41) is 2.95. The Morgan fingerprint density at radius 1 is 1.12 bits per heavy atom. The summed E-state index contributed by atoms with van der Waals surface area (Å²) < 4.78 is 5.32. The van der Waals surface area contributed by atoms with Crippen LogP contribution < -0.4 is 5.32 Å². The first kappa shape index (κ1) is 20.4. The van der Waals surface area contributed by atoms with Gasteiger partial charge in [0.25, 0.3) is 5.91 Å². The summed E-state index contributed by atoms with van der Waals surface area (Å²) in [6.45, 7) is 12.8. The van der Waals surface area contributed by atoms with Crippen molar-refractivity contribution in [1.29, 1.82) is 0 Å². The molecular weight excluding hydrogens is 328 g/mol. The smallest absolute Gasteiger partial charge is 0.251 e. The Kier molecular flexibility index (Phi) is 6.81. The Labute approximate surface area is 157 Å². The number of benzene rings is 1. The molecular formula is C21H32N2O3. The fourth-order valence-electron chi connectivity index (χ4n) is 3.06. The largest absolute Gasteiger partial charge is 0.378 e. The van der Waals surface area contributed by atoms with Gasteiger partial charge < -0.3 is 15.0 Å². The summed E-state index contributed by atoms with van der Waals surface area (Å²) in [5.41, 5.74) is 1.81. The minimum Gasteiger partial charge on any atom is -0.378 e. The normalized spacial score (nSPS) is 16.5. The molecule has 1 heterocycles. The third-order valence-corrected chi connectivity index (χ3v) is 4.65. The van der Waals surface area contributed by atoms with E-state index in [1.54, 1.807) is 4.90 Å². The van der Waals surface area contributed by atoms with Gasteiger partial charge in [0, 0.05) is 18.7 Å². The molecule has 5 heteroatoms. The number of morpholine rings is 1. The Balaban J connectivity index is 2.09. The van der Waals surface area contributed by atoms with Gasteiger partial charge in [-0.1, -0.05) is 46.8 Å². The Morgan fingerprint density at radius 3 is 2.19 bits per heavy atom. The van der Waals surface area contributed by atoms with Crippen LogP contribution >= 0.6 is 0 Å². The molecule has 26 heavy (non-hydrogen) atoms. The van der Waals surface area contributed by atoms with Crippen molar-refractivity contribution in [2.24, 2.45) is 5.92 Å². The zero-order chi connectivity index (χ0) is 19.3. The van der Waals surface area contributed by atoms with Gasteiger partial charge in [-0.3, -0.25) is 9.59 Å². The minimum absolute atomic E-state index is 0.0124. The number of ether oxygens (including phenoxy) is 1. The Hall–Kier alpha value is -1.88. The molecule has 0 aliphatic carbocycles. The van der Waals surface area contributed by atoms with Crippen molar-refractivity contribution in [1.82, 2.24) is 10.2 Å². The molecule has 5 nitrogen and oxygen atoms in total. The first-order chi connectivity index (χ1) is 12.2. The molecule has 0 bridgehead atoms. The van der Waals surface area contributed by atoms with E-state index < -0.39 is 6.04 Å². The maximum atomic E-state index is 12.8. The second-order valence-electron chi connectivity index (χ2n) is 8.42. The van der Waals surface area contributed by atoms with E-state index >= 15 is 0 Å². The number of rotatable bonds is 5. The van der Waals surface area contributed by atoms with Gasteiger partial charge >= 0.3 is 0 Å². The van der Waals surface area contributed by atoms with Crippen LogP contribution in [0.5, 0.6) is 0 Å². The molecule has 1 atom stereocenters. The van der Waals surface area contributed by atoms with Crippen LogP contribution in [-0.2, 0) is 14.9 Å². The SMILES string of the molecule is CC(C)CC(NC(=O)c1ccc(C(C)(C)C)cc1)C(=O)N1CCOCC1. The van der Waals surface area contributed by atoms with Crippen LogP contribution in [0.3, 0.4) is 0 Å². The second-order valence-corrected chi connectivity index (χ2v) is 8.42. The molecule has 144 valence electrons. The lowest BCUT2D eigenvalue weighted by Crippen LogP contribution is -2.52. The molecule has 1 N–H and O–H groups in total. The van der Waals surface area contributed by atoms with Gasteiger partial charge in [-0.25, -0.2) is 0 Å². The lowest BCUT2D eigenvalue weighted by atomic mass is 9.86. The van der Waals surface area contributed by atoms with E-state index in [4.69, 9.17) is 4.74 Å². The van der Waals surface area contributed by atoms with Crippen LogP contribution in [0.15, 0.2) is 24.3 Å². The molecule has 1 unspecified atom stereocenters. The van der Waals surface area contributed by atoms with E-state index in [1.807, 2.05) is 24.3 Å². The number of nitrogens with zero attached hydrogens (tertiary/aromatic N) is 1. The first-order valence-electron chi connectivity index (χ1n) is 9.46. The molecule has 1 aromatic carbocycles. The lowest BCUT2D eigenvalue weighted by molar-refractivity contribution is -0.137. The molecule has 2 rings (SSSR count). The third-order valence-electron chi connectivity index (χ3n) is 4.65. The first-order valence-corrected chi connectivity index (χ1v) is 9.46. The number of amides is 2. The zero-order valence-electron chi connectivity index (χ0n) is 16.7. The van der Waals surface area contributed by atoms with E-state index in [1.165, 1.54) is 5.56 Å². The standard InChI is InChI=1S/C21H32N2O3/c1-15(2)14-18(20(25)23-10-12-26-13-11-23)22-19(24)16-6-8-17(9-7-16)21(3,4)5/h6-9,15,18H,10-14H2,1-5H3,(H,22,24). The number of hydrogen-bond acceptors (Lipinski definition) is 3. The molecule has 1 aromatic rings. The van der Waals surface area contributed by atoms with Crippen LogP contribution in [-0.4, -0.2) is 49.1 Å². The summed E-state index contributed by atoms with van der Waals surface area (Å²) in [6.07, 6.45) is 0.627. The summed E-state index contributed by atoms with van der Waals surface area (Å²) in [4.78, 5) is 27.3. The van der Waals surface area contributed by atoms with E-state index in [9.17, 15) is 9.59 Å². The molecule has 0 saturated carbocycles. The average Bonchev–Trinajstić information content (AvgIpc) is 2.60. The molecule has 2 amide bonds. The van der Waals surface area contributed by atoms with Gasteiger partial charge in [-0.15, -0.1) is 0 Å². The van der Waals surface area contributed by atoms with Crippen LogP contribution in [0.25, 0.3) is 0 Å². The fourth-order valence-corrected chi connectivity index (χ4v) is 3.06. The summed E-state index contributed by atoms with van der Waals surface area (Å²) in [7, 11) is 0. The average molecular weight is 360 g/mol. The van der Waals surface area contributed by atoms with Crippen molar-refractivity contribution < 1.29 is 14.3 Å². The highest BCUT2D eigenvalue weighted by molar-refractivity contribution is 5.97. The number of carbonyl (C=O) groups excluding carboxylic acids is 2. The van der Waals surface area contributed by atoms with Crippen molar-refractivity contribution in [3.05, 3.63) is 35.4 Å². The monoisotopic (exact) mass is 360 g/mol. The van der Waals surface area contributed by atoms with Gasteiger partial charge in [-0.05, 0) is 35.4 Å². The van der Waals surface area contributed by atoms with Crippen molar-refractivity contribution in [3.63, 3.8) is 0 Å². The van der Waals surface area contributed by atoms with Crippen LogP contribution in [0.4, 0.5) is 0 Å². The summed E-state index contributed by atoms with van der Waals surface area (Å²) >= 11 is 0. The maximum Gasteiger partial charge on any atom is 0.251 e. The molecule has 1 aliphatic rings. The van der Waals surface area contributed by atoms with Gasteiger partial charge in [0.05, 0.1) is 13.2 Å². The van der Waals surface area contributed by atoms with Gasteiger partial charge in [0.1, 0.15) is 6.04 Å². The van der Waals surface area contributed by atoms with Crippen molar-refractivity contribution in [2.45, 2.75) is 52.5 Å². The predicted molar refractivity (Wildman–Crippen MR) is 103 cm³/mol. The summed E-state index contributed by atoms with van der Waals surface area (Å²) in [6, 6.07) is 7.14. The highest BCUT2D eigenvalue weighted by atomic mass is 16.5. The van der Waals surface area contributed by atoms with Crippen LogP contribution in [0.1, 0.15) is 57.0 Å². The van der Waals surface area contributed by atoms with Gasteiger partial charge in [-0.2, -0.15) is 0 Å². The maximum absolute atomic E-state index is 12.8. The molecule has 1 aliphatic heterocycles. The number of carbonyl (C=O) groups is 2. The molecule has 0 radical (unpaired) electrons. The minimum atomic E-state index is -0.497. The second kappa shape index (κ2) is 8.67. The summed E-state index contributed by atoms with van der Waals surface area (Å²) in [5.74, 6) is 0.105. The lowest BCUT2D eigenvalue weighted by Gasteiger charge is -2.31. The highest BCUT2D eigenvalue weighted by Crippen LogP contribution is 2.22. The topological polar surface area (TPSA) is 58.6 Å². The highest BCUT2D eigenvalue weighted by Gasteiger charge is 2.28. The molecule has 0 spiro atoms. The molecule has 1 fully saturated rings. The van der Waals surface area contributed by atoms with Crippen molar-refractivity contribution in [2.75, 3.05) is 26.3 Å². The quantitative estimate of drug-likeness (QED) is 0.878. The van der Waals surface area contributed by atoms with Gasteiger partial charge in [0.15, 0.2) is 0 Å². The van der Waals surface area contributed by atoms with E-state index in [0.29, 0.717) is 44.2 Å². The Morgan fingerprint density at radius 2 is 1.69 bits per heavy atom. The van der Waals surface area contributed by atoms with Crippen molar-refractivity contribution >= 4 is 11.8 Å². The fraction of sp³-hybridized carbons (Fsp3) is 0.619. The van der Waals surface area contributed by atoms with Gasteiger partial charge in [0.2, 0.25) is 5.91 Å². The molecule has 1 saturated heterocycles. The van der Waals surface area contributed by atoms with E-state index in [-0.39, 0.29) is 17.2 Å². The zero-order valence-corrected chi connectivity index (χ0v) is 16.7. The van der Waals surface area contributed by atoms with Crippen molar-refractivity contribution in [3.8, 4) is 0 Å². The number of nitrogens with one attached hydrogen (secondary N) is 1. The van der Waals surface area contributed by atoms with E-state index in [2.05, 4.69) is 39.9 Å². The predicted octanol–water partition coefficient (Wildman–Crippen LogP) is 2.99. The number of hydrogen-bond donors (Lipinski definition) is 1.